The molecule has 6 heteroatoms. The number of aliphatic carboxylic acids is 2. The fraction of sp³-hybridized carbons (Fsp3) is 0.722. The van der Waals surface area contributed by atoms with E-state index in [-0.39, 0.29) is 19.3 Å². The van der Waals surface area contributed by atoms with Crippen molar-refractivity contribution in [3.8, 4) is 0 Å². The van der Waals surface area contributed by atoms with E-state index in [2.05, 4.69) is 6.58 Å². The van der Waals surface area contributed by atoms with Gasteiger partial charge in [-0.25, -0.2) is 4.79 Å². The van der Waals surface area contributed by atoms with Crippen LogP contribution in [0.2, 0.25) is 0 Å². The van der Waals surface area contributed by atoms with E-state index in [1.54, 1.807) is 0 Å². The van der Waals surface area contributed by atoms with Crippen molar-refractivity contribution in [3.63, 3.8) is 0 Å². The number of cyclic esters (lactones) is 1. The molecule has 2 atom stereocenters. The molecule has 1 rings (SSSR count). The van der Waals surface area contributed by atoms with Crippen molar-refractivity contribution in [3.05, 3.63) is 12.7 Å². The van der Waals surface area contributed by atoms with Gasteiger partial charge in [-0.2, -0.15) is 0 Å². The lowest BCUT2D eigenvalue weighted by Gasteiger charge is -2.29. The predicted octanol–water partition coefficient (Wildman–Crippen LogP) is 3.54. The lowest BCUT2D eigenvalue weighted by atomic mass is 9.81. The maximum atomic E-state index is 11.5. The number of allylic oxidation sites excluding steroid dienone is 1. The summed E-state index contributed by atoms with van der Waals surface area (Å²) in [6.07, 6.45) is 10.1. The summed E-state index contributed by atoms with van der Waals surface area (Å²) in [6.45, 7) is 3.68. The van der Waals surface area contributed by atoms with Gasteiger partial charge in [-0.1, -0.05) is 44.6 Å². The van der Waals surface area contributed by atoms with E-state index < -0.39 is 29.4 Å². The van der Waals surface area contributed by atoms with Gasteiger partial charge in [0.05, 0.1) is 0 Å². The first-order valence-electron chi connectivity index (χ1n) is 8.73. The van der Waals surface area contributed by atoms with Crippen molar-refractivity contribution in [2.75, 3.05) is 0 Å². The number of carbonyl (C=O) groups is 3. The Balaban J connectivity index is 2.39. The summed E-state index contributed by atoms with van der Waals surface area (Å²) < 4.78 is 4.94. The largest absolute Gasteiger partial charge is 0.481 e. The number of carbonyl (C=O) groups excluding carboxylic acids is 1. The van der Waals surface area contributed by atoms with E-state index in [4.69, 9.17) is 4.74 Å². The standard InChI is InChI=1S/C18H28O6/c1-2-3-4-5-6-7-8-9-10-11-14(16(20)21)18(17(22)23)13-12-15(19)24-18/h2,14H,1,3-13H2,(H,20,21)(H,22,23). The molecule has 0 spiro atoms. The summed E-state index contributed by atoms with van der Waals surface area (Å²) in [5.74, 6) is -4.39. The molecule has 2 N–H and O–H groups in total. The van der Waals surface area contributed by atoms with Crippen LogP contribution in [-0.2, 0) is 19.1 Å². The molecule has 0 amide bonds. The van der Waals surface area contributed by atoms with Crippen LogP contribution < -0.4 is 0 Å². The van der Waals surface area contributed by atoms with Crippen LogP contribution in [0.25, 0.3) is 0 Å². The van der Waals surface area contributed by atoms with E-state index >= 15 is 0 Å². The normalized spacial score (nSPS) is 21.2. The summed E-state index contributed by atoms with van der Waals surface area (Å²) in [6, 6.07) is 0. The lowest BCUT2D eigenvalue weighted by Crippen LogP contribution is -2.49. The third-order valence-corrected chi connectivity index (χ3v) is 4.62. The average Bonchev–Trinajstić information content (AvgIpc) is 2.92. The minimum absolute atomic E-state index is 0.0409. The highest BCUT2D eigenvalue weighted by Crippen LogP contribution is 2.37. The highest BCUT2D eigenvalue weighted by molar-refractivity contribution is 5.90. The monoisotopic (exact) mass is 340 g/mol. The molecule has 0 bridgehead atoms. The van der Waals surface area contributed by atoms with Crippen LogP contribution in [-0.4, -0.2) is 33.7 Å². The van der Waals surface area contributed by atoms with Crippen molar-refractivity contribution in [2.45, 2.75) is 76.2 Å². The summed E-state index contributed by atoms with van der Waals surface area (Å²) in [5.41, 5.74) is -1.90. The molecule has 136 valence electrons. The zero-order valence-corrected chi connectivity index (χ0v) is 14.2. The number of rotatable bonds is 13. The SMILES string of the molecule is C=CCCCCCCCCCC(C(=O)O)C1(C(=O)O)CCC(=O)O1. The van der Waals surface area contributed by atoms with Crippen LogP contribution in [0.5, 0.6) is 0 Å². The number of carboxylic acid groups (broad SMARTS) is 2. The number of carboxylic acids is 2. The Morgan fingerprint density at radius 3 is 2.17 bits per heavy atom. The van der Waals surface area contributed by atoms with Crippen molar-refractivity contribution < 1.29 is 29.3 Å². The molecule has 1 saturated heterocycles. The summed E-state index contributed by atoms with van der Waals surface area (Å²) >= 11 is 0. The number of esters is 1. The van der Waals surface area contributed by atoms with Crippen LogP contribution in [0.1, 0.15) is 70.6 Å². The average molecular weight is 340 g/mol. The van der Waals surface area contributed by atoms with Crippen LogP contribution in [0.15, 0.2) is 12.7 Å². The highest BCUT2D eigenvalue weighted by atomic mass is 16.6. The van der Waals surface area contributed by atoms with Gasteiger partial charge in [0.2, 0.25) is 5.60 Å². The molecule has 0 aromatic heterocycles. The molecule has 1 heterocycles. The van der Waals surface area contributed by atoms with Crippen LogP contribution in [0, 0.1) is 5.92 Å². The number of hydrogen-bond acceptors (Lipinski definition) is 4. The predicted molar refractivity (Wildman–Crippen MR) is 88.6 cm³/mol. The van der Waals surface area contributed by atoms with Gasteiger partial charge in [0.15, 0.2) is 0 Å². The van der Waals surface area contributed by atoms with Gasteiger partial charge < -0.3 is 14.9 Å². The lowest BCUT2D eigenvalue weighted by molar-refractivity contribution is -0.182. The van der Waals surface area contributed by atoms with Gasteiger partial charge in [0.25, 0.3) is 0 Å². The second kappa shape index (κ2) is 10.1. The summed E-state index contributed by atoms with van der Waals surface area (Å²) in [7, 11) is 0. The first kappa shape index (κ1) is 20.2. The molecular weight excluding hydrogens is 312 g/mol. The Morgan fingerprint density at radius 1 is 1.12 bits per heavy atom. The minimum Gasteiger partial charge on any atom is -0.481 e. The van der Waals surface area contributed by atoms with E-state index in [0.717, 1.165) is 38.5 Å². The van der Waals surface area contributed by atoms with Gasteiger partial charge in [-0.15, -0.1) is 6.58 Å². The highest BCUT2D eigenvalue weighted by Gasteiger charge is 2.56. The van der Waals surface area contributed by atoms with Gasteiger partial charge >= 0.3 is 17.9 Å². The summed E-state index contributed by atoms with van der Waals surface area (Å²) in [4.78, 5) is 34.4. The first-order valence-corrected chi connectivity index (χ1v) is 8.73. The Kier molecular flexibility index (Phi) is 8.50. The third kappa shape index (κ3) is 5.65. The zero-order valence-electron chi connectivity index (χ0n) is 14.2. The van der Waals surface area contributed by atoms with E-state index in [0.29, 0.717) is 6.42 Å². The molecular formula is C18H28O6. The van der Waals surface area contributed by atoms with Crippen molar-refractivity contribution >= 4 is 17.9 Å². The third-order valence-electron chi connectivity index (χ3n) is 4.62. The molecule has 0 aromatic rings. The van der Waals surface area contributed by atoms with Gasteiger partial charge in [0, 0.05) is 12.8 Å². The minimum atomic E-state index is -1.90. The maximum Gasteiger partial charge on any atom is 0.349 e. The molecule has 1 aliphatic heterocycles. The molecule has 0 radical (unpaired) electrons. The molecule has 6 nitrogen and oxygen atoms in total. The van der Waals surface area contributed by atoms with Crippen molar-refractivity contribution in [1.82, 2.24) is 0 Å². The van der Waals surface area contributed by atoms with Crippen LogP contribution >= 0.6 is 0 Å². The Bertz CT molecular complexity index is 458. The molecule has 1 fully saturated rings. The number of ether oxygens (including phenoxy) is 1. The van der Waals surface area contributed by atoms with E-state index in [1.807, 2.05) is 6.08 Å². The van der Waals surface area contributed by atoms with Gasteiger partial charge in [-0.05, 0) is 19.3 Å². The topological polar surface area (TPSA) is 101 Å². The quantitative estimate of drug-likeness (QED) is 0.302. The molecule has 0 saturated carbocycles. The smallest absolute Gasteiger partial charge is 0.349 e. The Labute approximate surface area is 142 Å². The molecule has 0 aromatic carbocycles. The summed E-state index contributed by atoms with van der Waals surface area (Å²) in [5, 5.41) is 18.8. The molecule has 24 heavy (non-hydrogen) atoms. The fourth-order valence-corrected chi connectivity index (χ4v) is 3.22. The van der Waals surface area contributed by atoms with Crippen molar-refractivity contribution in [2.24, 2.45) is 5.92 Å². The van der Waals surface area contributed by atoms with Gasteiger partial charge in [-0.3, -0.25) is 9.59 Å². The maximum absolute atomic E-state index is 11.5. The van der Waals surface area contributed by atoms with E-state index in [1.165, 1.54) is 6.42 Å². The Hall–Kier alpha value is -1.85. The van der Waals surface area contributed by atoms with Crippen molar-refractivity contribution in [1.29, 1.82) is 0 Å². The van der Waals surface area contributed by atoms with Crippen LogP contribution in [0.3, 0.4) is 0 Å². The first-order chi connectivity index (χ1) is 11.4. The van der Waals surface area contributed by atoms with Gasteiger partial charge in [0.1, 0.15) is 5.92 Å². The fourth-order valence-electron chi connectivity index (χ4n) is 3.22. The number of hydrogen-bond donors (Lipinski definition) is 2. The molecule has 0 aliphatic carbocycles. The second-order valence-corrected chi connectivity index (χ2v) is 6.40. The second-order valence-electron chi connectivity index (χ2n) is 6.40. The number of unbranched alkanes of at least 4 members (excludes halogenated alkanes) is 7. The van der Waals surface area contributed by atoms with E-state index in [9.17, 15) is 24.6 Å². The molecule has 2 unspecified atom stereocenters. The Morgan fingerprint density at radius 2 is 1.71 bits per heavy atom. The van der Waals surface area contributed by atoms with Crippen LogP contribution in [0.4, 0.5) is 0 Å². The molecule has 1 aliphatic rings. The zero-order chi connectivity index (χ0) is 18.0.